The number of cyclic esters (lactones) is 1. The van der Waals surface area contributed by atoms with Crippen molar-refractivity contribution < 1.29 is 19.1 Å². The predicted molar refractivity (Wildman–Crippen MR) is 111 cm³/mol. The van der Waals surface area contributed by atoms with Crippen LogP contribution in [0.1, 0.15) is 54.7 Å². The van der Waals surface area contributed by atoms with Crippen molar-refractivity contribution in [2.75, 3.05) is 6.54 Å². The molecule has 2 aromatic carbocycles. The van der Waals surface area contributed by atoms with Crippen LogP contribution < -0.4 is 0 Å². The van der Waals surface area contributed by atoms with Crippen LogP contribution in [-0.2, 0) is 28.9 Å². The summed E-state index contributed by atoms with van der Waals surface area (Å²) in [4.78, 5) is 26.2. The van der Waals surface area contributed by atoms with Crippen LogP contribution in [0.4, 0.5) is 4.79 Å². The second kappa shape index (κ2) is 7.21. The van der Waals surface area contributed by atoms with E-state index in [1.807, 2.05) is 39.8 Å². The van der Waals surface area contributed by atoms with Crippen LogP contribution in [0.5, 0.6) is 0 Å². The first-order valence-corrected chi connectivity index (χ1v) is 10.1. The molecule has 2 aliphatic heterocycles. The van der Waals surface area contributed by atoms with Gasteiger partial charge in [-0.05, 0) is 68.0 Å². The van der Waals surface area contributed by atoms with E-state index < -0.39 is 5.60 Å². The highest BCUT2D eigenvalue weighted by molar-refractivity contribution is 5.93. The molecule has 5 heteroatoms. The highest BCUT2D eigenvalue weighted by atomic mass is 16.6. The van der Waals surface area contributed by atoms with E-state index in [-0.39, 0.29) is 18.2 Å². The molecule has 4 rings (SSSR count). The van der Waals surface area contributed by atoms with E-state index >= 15 is 0 Å². The van der Waals surface area contributed by atoms with Gasteiger partial charge < -0.3 is 14.4 Å². The normalized spacial score (nSPS) is 18.6. The summed E-state index contributed by atoms with van der Waals surface area (Å²) in [5.41, 5.74) is 5.86. The molecule has 0 aliphatic carbocycles. The van der Waals surface area contributed by atoms with Crippen LogP contribution in [0.3, 0.4) is 0 Å². The minimum atomic E-state index is -0.489. The van der Waals surface area contributed by atoms with Crippen molar-refractivity contribution in [3.8, 4) is 11.1 Å². The van der Waals surface area contributed by atoms with Gasteiger partial charge in [-0.3, -0.25) is 0 Å². The van der Waals surface area contributed by atoms with Gasteiger partial charge in [0.15, 0.2) is 0 Å². The van der Waals surface area contributed by atoms with Crippen LogP contribution in [0.25, 0.3) is 11.1 Å². The summed E-state index contributed by atoms with van der Waals surface area (Å²) < 4.78 is 10.8. The Morgan fingerprint density at radius 2 is 1.76 bits per heavy atom. The Hall–Kier alpha value is -2.82. The molecule has 0 radical (unpaired) electrons. The van der Waals surface area contributed by atoms with E-state index in [2.05, 4.69) is 24.3 Å². The molecule has 0 aromatic heterocycles. The molecule has 2 aliphatic rings. The maximum absolute atomic E-state index is 12.4. The zero-order valence-electron chi connectivity index (χ0n) is 17.5. The minimum absolute atomic E-state index is 0.0902. The quantitative estimate of drug-likeness (QED) is 0.656. The average Bonchev–Trinajstić information content (AvgIpc) is 2.65. The summed E-state index contributed by atoms with van der Waals surface area (Å²) in [6, 6.07) is 12.3. The lowest BCUT2D eigenvalue weighted by molar-refractivity contribution is 0.0222. The Morgan fingerprint density at radius 1 is 1.07 bits per heavy atom. The Bertz CT molecular complexity index is 973. The van der Waals surface area contributed by atoms with E-state index in [1.165, 1.54) is 5.56 Å². The number of ether oxygens (including phenoxy) is 2. The van der Waals surface area contributed by atoms with Gasteiger partial charge in [-0.15, -0.1) is 0 Å². The van der Waals surface area contributed by atoms with E-state index in [0.29, 0.717) is 18.7 Å². The van der Waals surface area contributed by atoms with Gasteiger partial charge >= 0.3 is 12.1 Å². The molecule has 0 fully saturated rings. The van der Waals surface area contributed by atoms with Crippen molar-refractivity contribution in [1.29, 1.82) is 0 Å². The molecule has 0 saturated carbocycles. The SMILES string of the molecule is C[C@H]1Cc2cc(-c3ccc4c(c3)CCN(C(=O)OC(C)(C)C)C4)ccc2C(=O)O1. The number of hydrogen-bond acceptors (Lipinski definition) is 4. The second-order valence-electron chi connectivity index (χ2n) is 8.93. The van der Waals surface area contributed by atoms with Gasteiger partial charge in [-0.2, -0.15) is 0 Å². The van der Waals surface area contributed by atoms with Crippen molar-refractivity contribution >= 4 is 12.1 Å². The molecule has 0 spiro atoms. The molecule has 0 bridgehead atoms. The van der Waals surface area contributed by atoms with Gasteiger partial charge in [-0.25, -0.2) is 9.59 Å². The molecule has 0 unspecified atom stereocenters. The molecule has 2 aromatic rings. The number of nitrogens with zero attached hydrogens (tertiary/aromatic N) is 1. The van der Waals surface area contributed by atoms with Crippen molar-refractivity contribution in [1.82, 2.24) is 4.90 Å². The van der Waals surface area contributed by atoms with Gasteiger partial charge in [0.05, 0.1) is 5.56 Å². The third-order valence-corrected chi connectivity index (χ3v) is 5.34. The third-order valence-electron chi connectivity index (χ3n) is 5.34. The van der Waals surface area contributed by atoms with Gasteiger partial charge in [0.25, 0.3) is 0 Å². The van der Waals surface area contributed by atoms with E-state index in [4.69, 9.17) is 9.47 Å². The Kier molecular flexibility index (Phi) is 4.85. The maximum Gasteiger partial charge on any atom is 0.410 e. The molecule has 152 valence electrons. The smallest absolute Gasteiger partial charge is 0.410 e. The van der Waals surface area contributed by atoms with Crippen molar-refractivity contribution in [2.45, 2.75) is 58.8 Å². The number of amides is 1. The van der Waals surface area contributed by atoms with Gasteiger partial charge in [0, 0.05) is 19.5 Å². The molecule has 1 amide bonds. The summed E-state index contributed by atoms with van der Waals surface area (Å²) in [6.45, 7) is 8.79. The van der Waals surface area contributed by atoms with Crippen molar-refractivity contribution in [3.05, 3.63) is 58.7 Å². The number of hydrogen-bond donors (Lipinski definition) is 0. The number of carbonyl (C=O) groups excluding carboxylic acids is 2. The van der Waals surface area contributed by atoms with Crippen LogP contribution in [0, 0.1) is 0 Å². The highest BCUT2D eigenvalue weighted by Crippen LogP contribution is 2.30. The first kappa shape index (κ1) is 19.5. The van der Waals surface area contributed by atoms with Crippen LogP contribution in [0.2, 0.25) is 0 Å². The standard InChI is InChI=1S/C24H27NO4/c1-15-11-20-13-17(7-8-21(20)22(26)28-15)16-5-6-19-14-25(10-9-18(19)12-16)23(27)29-24(2,3)4/h5-8,12-13,15H,9-11,14H2,1-4H3/t15-/m0/s1. The first-order valence-electron chi connectivity index (χ1n) is 10.1. The maximum atomic E-state index is 12.4. The van der Waals surface area contributed by atoms with Gasteiger partial charge in [0.2, 0.25) is 0 Å². The Balaban J connectivity index is 1.55. The van der Waals surface area contributed by atoms with E-state index in [1.54, 1.807) is 4.90 Å². The number of rotatable bonds is 1. The van der Waals surface area contributed by atoms with Crippen molar-refractivity contribution in [2.24, 2.45) is 0 Å². The Labute approximate surface area is 171 Å². The third kappa shape index (κ3) is 4.14. The summed E-state index contributed by atoms with van der Waals surface area (Å²) in [6.07, 6.45) is 1.19. The van der Waals surface area contributed by atoms with Crippen LogP contribution >= 0.6 is 0 Å². The summed E-state index contributed by atoms with van der Waals surface area (Å²) in [7, 11) is 0. The lowest BCUT2D eigenvalue weighted by Gasteiger charge is -2.31. The average molecular weight is 393 g/mol. The second-order valence-corrected chi connectivity index (χ2v) is 8.93. The molecular formula is C24H27NO4. The molecule has 0 N–H and O–H groups in total. The van der Waals surface area contributed by atoms with E-state index in [0.717, 1.165) is 35.1 Å². The van der Waals surface area contributed by atoms with Crippen molar-refractivity contribution in [3.63, 3.8) is 0 Å². The summed E-state index contributed by atoms with van der Waals surface area (Å²) in [5, 5.41) is 0. The van der Waals surface area contributed by atoms with Crippen LogP contribution in [0.15, 0.2) is 36.4 Å². The summed E-state index contributed by atoms with van der Waals surface area (Å²) in [5.74, 6) is -0.238. The number of carbonyl (C=O) groups is 2. The van der Waals surface area contributed by atoms with Crippen LogP contribution in [-0.4, -0.2) is 35.2 Å². The zero-order chi connectivity index (χ0) is 20.8. The predicted octanol–water partition coefficient (Wildman–Crippen LogP) is 4.75. The molecule has 5 nitrogen and oxygen atoms in total. The molecular weight excluding hydrogens is 366 g/mol. The topological polar surface area (TPSA) is 55.8 Å². The highest BCUT2D eigenvalue weighted by Gasteiger charge is 2.26. The number of benzene rings is 2. The lowest BCUT2D eigenvalue weighted by atomic mass is 9.91. The van der Waals surface area contributed by atoms with Gasteiger partial charge in [0.1, 0.15) is 11.7 Å². The Morgan fingerprint density at radius 3 is 2.48 bits per heavy atom. The number of fused-ring (bicyclic) bond motifs is 2. The fourth-order valence-corrected chi connectivity index (χ4v) is 3.95. The zero-order valence-corrected chi connectivity index (χ0v) is 17.5. The molecule has 29 heavy (non-hydrogen) atoms. The fourth-order valence-electron chi connectivity index (χ4n) is 3.95. The first-order chi connectivity index (χ1) is 13.7. The monoisotopic (exact) mass is 393 g/mol. The molecule has 0 saturated heterocycles. The van der Waals surface area contributed by atoms with E-state index in [9.17, 15) is 9.59 Å². The molecule has 2 heterocycles. The number of esters is 1. The molecule has 1 atom stereocenters. The largest absolute Gasteiger partial charge is 0.459 e. The fraction of sp³-hybridized carbons (Fsp3) is 0.417. The minimum Gasteiger partial charge on any atom is -0.459 e. The van der Waals surface area contributed by atoms with Gasteiger partial charge in [-0.1, -0.05) is 30.3 Å². The summed E-state index contributed by atoms with van der Waals surface area (Å²) >= 11 is 0. The lowest BCUT2D eigenvalue weighted by Crippen LogP contribution is -2.39.